The standard InChI is InChI=1S/C20H22ClFN2O3S/c1-12-9-14(10-19(13(12)2)28(26,27)23-3)20(25)24(15-7-8-15)11-16-17(21)5-4-6-18(16)22/h4-6,9-10,15,23H,7-8,11H2,1-3H3. The molecule has 0 saturated heterocycles. The summed E-state index contributed by atoms with van der Waals surface area (Å²) < 4.78 is 41.2. The molecule has 1 aliphatic rings. The largest absolute Gasteiger partial charge is 0.331 e. The van der Waals surface area contributed by atoms with Crippen LogP contribution in [0.25, 0.3) is 0 Å². The summed E-state index contributed by atoms with van der Waals surface area (Å²) in [6.07, 6.45) is 1.65. The maximum atomic E-state index is 14.2. The number of nitrogens with one attached hydrogen (secondary N) is 1. The number of amides is 1. The lowest BCUT2D eigenvalue weighted by Crippen LogP contribution is -2.33. The molecule has 150 valence electrons. The molecular formula is C20H22ClFN2O3S. The zero-order valence-corrected chi connectivity index (χ0v) is 17.5. The van der Waals surface area contributed by atoms with Crippen molar-refractivity contribution in [3.8, 4) is 0 Å². The molecule has 8 heteroatoms. The van der Waals surface area contributed by atoms with Crippen molar-refractivity contribution >= 4 is 27.5 Å². The number of rotatable bonds is 6. The molecule has 28 heavy (non-hydrogen) atoms. The normalized spacial score (nSPS) is 14.2. The molecule has 3 rings (SSSR count). The van der Waals surface area contributed by atoms with Crippen LogP contribution in [0.3, 0.4) is 0 Å². The topological polar surface area (TPSA) is 66.5 Å². The van der Waals surface area contributed by atoms with Gasteiger partial charge in [0.25, 0.3) is 5.91 Å². The van der Waals surface area contributed by atoms with Gasteiger partial charge in [-0.3, -0.25) is 4.79 Å². The Bertz CT molecular complexity index is 1020. The number of benzene rings is 2. The number of hydrogen-bond acceptors (Lipinski definition) is 3. The molecule has 1 amide bonds. The minimum atomic E-state index is -3.71. The van der Waals surface area contributed by atoms with Crippen molar-refractivity contribution in [3.63, 3.8) is 0 Å². The molecule has 2 aromatic carbocycles. The molecule has 1 N–H and O–H groups in total. The van der Waals surface area contributed by atoms with Crippen molar-refractivity contribution in [2.45, 2.75) is 44.2 Å². The van der Waals surface area contributed by atoms with Crippen LogP contribution in [0.15, 0.2) is 35.2 Å². The fourth-order valence-electron chi connectivity index (χ4n) is 3.11. The van der Waals surface area contributed by atoms with Gasteiger partial charge in [-0.05, 0) is 69.1 Å². The number of carbonyl (C=O) groups is 1. The lowest BCUT2D eigenvalue weighted by Gasteiger charge is -2.24. The maximum absolute atomic E-state index is 14.2. The van der Waals surface area contributed by atoms with Gasteiger partial charge in [0, 0.05) is 22.2 Å². The van der Waals surface area contributed by atoms with E-state index in [0.717, 1.165) is 12.8 Å². The Morgan fingerprint density at radius 1 is 1.29 bits per heavy atom. The van der Waals surface area contributed by atoms with Crippen molar-refractivity contribution in [1.29, 1.82) is 0 Å². The molecule has 0 bridgehead atoms. The van der Waals surface area contributed by atoms with E-state index in [4.69, 9.17) is 11.6 Å². The Balaban J connectivity index is 2.01. The summed E-state index contributed by atoms with van der Waals surface area (Å²) in [7, 11) is -2.38. The lowest BCUT2D eigenvalue weighted by molar-refractivity contribution is 0.0728. The van der Waals surface area contributed by atoms with Crippen LogP contribution >= 0.6 is 11.6 Å². The van der Waals surface area contributed by atoms with E-state index in [-0.39, 0.29) is 39.5 Å². The van der Waals surface area contributed by atoms with Crippen LogP contribution in [-0.2, 0) is 16.6 Å². The third-order valence-corrected chi connectivity index (χ3v) is 6.96. The van der Waals surface area contributed by atoms with Crippen LogP contribution < -0.4 is 4.72 Å². The molecule has 0 spiro atoms. The second-order valence-corrected chi connectivity index (χ2v) is 9.25. The summed E-state index contributed by atoms with van der Waals surface area (Å²) in [6.45, 7) is 3.50. The van der Waals surface area contributed by atoms with Gasteiger partial charge in [0.1, 0.15) is 5.82 Å². The maximum Gasteiger partial charge on any atom is 0.254 e. The molecule has 0 unspecified atom stereocenters. The molecule has 5 nitrogen and oxygen atoms in total. The first-order valence-electron chi connectivity index (χ1n) is 8.94. The number of sulfonamides is 1. The first-order valence-corrected chi connectivity index (χ1v) is 10.8. The van der Waals surface area contributed by atoms with Crippen LogP contribution in [0.5, 0.6) is 0 Å². The first-order chi connectivity index (χ1) is 13.2. The molecule has 1 saturated carbocycles. The van der Waals surface area contributed by atoms with Gasteiger partial charge >= 0.3 is 0 Å². The van der Waals surface area contributed by atoms with Crippen molar-refractivity contribution in [3.05, 3.63) is 63.4 Å². The Labute approximate surface area is 169 Å². The first kappa shape index (κ1) is 20.8. The van der Waals surface area contributed by atoms with E-state index in [1.807, 2.05) is 0 Å². The van der Waals surface area contributed by atoms with E-state index in [2.05, 4.69) is 4.72 Å². The summed E-state index contributed by atoms with van der Waals surface area (Å²) in [5, 5.41) is 0.261. The molecule has 1 fully saturated rings. The molecule has 2 aromatic rings. The van der Waals surface area contributed by atoms with Crippen LogP contribution in [0.4, 0.5) is 4.39 Å². The van der Waals surface area contributed by atoms with Crippen LogP contribution in [0.2, 0.25) is 5.02 Å². The molecule has 0 heterocycles. The summed E-state index contributed by atoms with van der Waals surface area (Å²) in [4.78, 5) is 14.9. The van der Waals surface area contributed by atoms with Gasteiger partial charge in [-0.15, -0.1) is 0 Å². The van der Waals surface area contributed by atoms with Gasteiger partial charge in [-0.25, -0.2) is 17.5 Å². The average molecular weight is 425 g/mol. The highest BCUT2D eigenvalue weighted by atomic mass is 35.5. The molecule has 0 radical (unpaired) electrons. The quantitative estimate of drug-likeness (QED) is 0.766. The number of carbonyl (C=O) groups excluding carboxylic acids is 1. The number of halogens is 2. The summed E-state index contributed by atoms with van der Waals surface area (Å²) >= 11 is 6.13. The van der Waals surface area contributed by atoms with E-state index >= 15 is 0 Å². The summed E-state index contributed by atoms with van der Waals surface area (Å²) in [6, 6.07) is 7.46. The van der Waals surface area contributed by atoms with E-state index < -0.39 is 15.8 Å². The average Bonchev–Trinajstić information content (AvgIpc) is 3.48. The van der Waals surface area contributed by atoms with Crippen LogP contribution in [0.1, 0.15) is 39.9 Å². The molecule has 1 aliphatic carbocycles. The Morgan fingerprint density at radius 3 is 2.54 bits per heavy atom. The molecule has 0 atom stereocenters. The van der Waals surface area contributed by atoms with Gasteiger partial charge in [0.2, 0.25) is 10.0 Å². The summed E-state index contributed by atoms with van der Waals surface area (Å²) in [5.41, 5.74) is 1.80. The zero-order chi connectivity index (χ0) is 20.6. The van der Waals surface area contributed by atoms with E-state index in [9.17, 15) is 17.6 Å². The van der Waals surface area contributed by atoms with Crippen molar-refractivity contribution in [2.75, 3.05) is 7.05 Å². The Morgan fingerprint density at radius 2 is 1.96 bits per heavy atom. The minimum Gasteiger partial charge on any atom is -0.331 e. The fourth-order valence-corrected chi connectivity index (χ4v) is 4.40. The highest BCUT2D eigenvalue weighted by molar-refractivity contribution is 7.89. The van der Waals surface area contributed by atoms with E-state index in [0.29, 0.717) is 11.1 Å². The highest BCUT2D eigenvalue weighted by Crippen LogP contribution is 2.33. The minimum absolute atomic E-state index is 0.00543. The number of nitrogens with zero attached hydrogens (tertiary/aromatic N) is 1. The lowest BCUT2D eigenvalue weighted by atomic mass is 10.0. The molecule has 0 aromatic heterocycles. The van der Waals surface area contributed by atoms with Crippen molar-refractivity contribution in [1.82, 2.24) is 9.62 Å². The number of aryl methyl sites for hydroxylation is 1. The Hall–Kier alpha value is -1.96. The number of hydrogen-bond donors (Lipinski definition) is 1. The second kappa shape index (κ2) is 7.81. The van der Waals surface area contributed by atoms with E-state index in [1.54, 1.807) is 30.9 Å². The van der Waals surface area contributed by atoms with Gasteiger partial charge < -0.3 is 4.90 Å². The zero-order valence-electron chi connectivity index (χ0n) is 15.9. The molecular weight excluding hydrogens is 403 g/mol. The van der Waals surface area contributed by atoms with Crippen molar-refractivity contribution < 1.29 is 17.6 Å². The predicted octanol–water partition coefficient (Wildman–Crippen LogP) is 3.81. The highest BCUT2D eigenvalue weighted by Gasteiger charge is 2.34. The summed E-state index contributed by atoms with van der Waals surface area (Å²) in [5.74, 6) is -0.804. The third-order valence-electron chi connectivity index (χ3n) is 5.06. The monoisotopic (exact) mass is 424 g/mol. The predicted molar refractivity (Wildman–Crippen MR) is 106 cm³/mol. The fraction of sp³-hybridized carbons (Fsp3) is 0.350. The second-order valence-electron chi connectivity index (χ2n) is 6.99. The third kappa shape index (κ3) is 4.06. The smallest absolute Gasteiger partial charge is 0.254 e. The SMILES string of the molecule is CNS(=O)(=O)c1cc(C(=O)N(Cc2c(F)cccc2Cl)C2CC2)cc(C)c1C. The van der Waals surface area contributed by atoms with Crippen molar-refractivity contribution in [2.24, 2.45) is 0 Å². The van der Waals surface area contributed by atoms with E-state index in [1.165, 1.54) is 25.2 Å². The van der Waals surface area contributed by atoms with Gasteiger partial charge in [0.15, 0.2) is 0 Å². The van der Waals surface area contributed by atoms with Gasteiger partial charge in [-0.2, -0.15) is 0 Å². The molecule has 0 aliphatic heterocycles. The van der Waals surface area contributed by atoms with Crippen LogP contribution in [0, 0.1) is 19.7 Å². The Kier molecular flexibility index (Phi) is 5.79. The van der Waals surface area contributed by atoms with Gasteiger partial charge in [0.05, 0.1) is 11.4 Å². The van der Waals surface area contributed by atoms with Gasteiger partial charge in [-0.1, -0.05) is 17.7 Å². The van der Waals surface area contributed by atoms with Crippen LogP contribution in [-0.4, -0.2) is 32.3 Å².